The Morgan fingerprint density at radius 1 is 1.32 bits per heavy atom. The summed E-state index contributed by atoms with van der Waals surface area (Å²) in [6, 6.07) is 9.61. The van der Waals surface area contributed by atoms with Gasteiger partial charge in [0.15, 0.2) is 0 Å². The molecule has 0 amide bonds. The second kappa shape index (κ2) is 6.65. The van der Waals surface area contributed by atoms with Gasteiger partial charge in [-0.2, -0.15) is 0 Å². The Morgan fingerprint density at radius 2 is 2.16 bits per heavy atom. The van der Waals surface area contributed by atoms with E-state index in [9.17, 15) is 0 Å². The van der Waals surface area contributed by atoms with Crippen molar-refractivity contribution in [1.29, 1.82) is 0 Å². The third-order valence-electron chi connectivity index (χ3n) is 2.54. The van der Waals surface area contributed by atoms with Gasteiger partial charge in [0.1, 0.15) is 5.75 Å². The van der Waals surface area contributed by atoms with Crippen LogP contribution in [0, 0.1) is 0 Å². The number of nitrogens with zero attached hydrogens (tertiary/aromatic N) is 1. The number of hydrogen-bond donors (Lipinski definition) is 1. The van der Waals surface area contributed by atoms with Crippen molar-refractivity contribution in [3.8, 4) is 11.6 Å². The first-order valence-corrected chi connectivity index (χ1v) is 6.62. The van der Waals surface area contributed by atoms with Crippen molar-refractivity contribution in [2.24, 2.45) is 5.73 Å². The zero-order chi connectivity index (χ0) is 13.7. The lowest BCUT2D eigenvalue weighted by molar-refractivity contribution is 0.184. The SMILES string of the molecule is COCc1cccc(Oc2ncc(Br)cc2CN)c1. The molecule has 0 spiro atoms. The highest BCUT2D eigenvalue weighted by atomic mass is 79.9. The van der Waals surface area contributed by atoms with Gasteiger partial charge in [-0.05, 0) is 39.7 Å². The predicted octanol–water partition coefficient (Wildman–Crippen LogP) is 3.24. The molecule has 1 heterocycles. The average molecular weight is 323 g/mol. The van der Waals surface area contributed by atoms with Crippen LogP contribution in [0.4, 0.5) is 0 Å². The van der Waals surface area contributed by atoms with Gasteiger partial charge in [0.25, 0.3) is 0 Å². The van der Waals surface area contributed by atoms with E-state index >= 15 is 0 Å². The smallest absolute Gasteiger partial charge is 0.223 e. The molecule has 0 saturated carbocycles. The lowest BCUT2D eigenvalue weighted by atomic mass is 10.2. The molecule has 19 heavy (non-hydrogen) atoms. The van der Waals surface area contributed by atoms with E-state index in [1.165, 1.54) is 0 Å². The van der Waals surface area contributed by atoms with Gasteiger partial charge in [-0.1, -0.05) is 12.1 Å². The predicted molar refractivity (Wildman–Crippen MR) is 77.1 cm³/mol. The Bertz CT molecular complexity index is 561. The first-order chi connectivity index (χ1) is 9.22. The van der Waals surface area contributed by atoms with Crippen molar-refractivity contribution in [1.82, 2.24) is 4.98 Å². The largest absolute Gasteiger partial charge is 0.439 e. The molecule has 0 radical (unpaired) electrons. The summed E-state index contributed by atoms with van der Waals surface area (Å²) in [4.78, 5) is 4.24. The van der Waals surface area contributed by atoms with Crippen LogP contribution in [0.5, 0.6) is 11.6 Å². The van der Waals surface area contributed by atoms with E-state index in [0.717, 1.165) is 21.3 Å². The number of methoxy groups -OCH3 is 1. The molecule has 4 nitrogen and oxygen atoms in total. The number of rotatable bonds is 5. The topological polar surface area (TPSA) is 57.4 Å². The van der Waals surface area contributed by atoms with Gasteiger partial charge in [-0.25, -0.2) is 4.98 Å². The van der Waals surface area contributed by atoms with E-state index in [0.29, 0.717) is 19.0 Å². The molecule has 0 atom stereocenters. The van der Waals surface area contributed by atoms with Crippen LogP contribution in [0.2, 0.25) is 0 Å². The number of benzene rings is 1. The van der Waals surface area contributed by atoms with Crippen molar-refractivity contribution < 1.29 is 9.47 Å². The number of pyridine rings is 1. The van der Waals surface area contributed by atoms with Crippen molar-refractivity contribution in [2.75, 3.05) is 7.11 Å². The fourth-order valence-corrected chi connectivity index (χ4v) is 2.06. The van der Waals surface area contributed by atoms with E-state index in [-0.39, 0.29) is 0 Å². The minimum atomic E-state index is 0.375. The highest BCUT2D eigenvalue weighted by molar-refractivity contribution is 9.10. The summed E-state index contributed by atoms with van der Waals surface area (Å²) in [6.45, 7) is 0.925. The fraction of sp³-hybridized carbons (Fsp3) is 0.214. The molecular weight excluding hydrogens is 308 g/mol. The van der Waals surface area contributed by atoms with Crippen LogP contribution >= 0.6 is 15.9 Å². The van der Waals surface area contributed by atoms with Crippen LogP contribution in [0.25, 0.3) is 0 Å². The first-order valence-electron chi connectivity index (χ1n) is 5.83. The molecule has 100 valence electrons. The summed E-state index contributed by atoms with van der Waals surface area (Å²) in [5.41, 5.74) is 7.59. The Labute approximate surface area is 120 Å². The molecule has 0 aliphatic rings. The second-order valence-electron chi connectivity index (χ2n) is 4.00. The van der Waals surface area contributed by atoms with Crippen LogP contribution < -0.4 is 10.5 Å². The Hall–Kier alpha value is -1.43. The van der Waals surface area contributed by atoms with Gasteiger partial charge in [0, 0.05) is 29.9 Å². The Morgan fingerprint density at radius 3 is 2.89 bits per heavy atom. The third-order valence-corrected chi connectivity index (χ3v) is 2.97. The van der Waals surface area contributed by atoms with Gasteiger partial charge in [-0.3, -0.25) is 0 Å². The van der Waals surface area contributed by atoms with E-state index in [4.69, 9.17) is 15.2 Å². The zero-order valence-corrected chi connectivity index (χ0v) is 12.2. The third kappa shape index (κ3) is 3.76. The highest BCUT2D eigenvalue weighted by Gasteiger charge is 2.06. The maximum Gasteiger partial charge on any atom is 0.223 e. The summed E-state index contributed by atoms with van der Waals surface area (Å²) in [6.07, 6.45) is 1.69. The number of halogens is 1. The molecule has 2 N–H and O–H groups in total. The van der Waals surface area contributed by atoms with Crippen LogP contribution in [-0.2, 0) is 17.9 Å². The first kappa shape index (κ1) is 14.0. The summed E-state index contributed by atoms with van der Waals surface area (Å²) >= 11 is 3.36. The van der Waals surface area contributed by atoms with Crippen molar-refractivity contribution in [2.45, 2.75) is 13.2 Å². The van der Waals surface area contributed by atoms with Gasteiger partial charge >= 0.3 is 0 Å². The standard InChI is InChI=1S/C14H15BrN2O2/c1-18-9-10-3-2-4-13(5-10)19-14-11(7-16)6-12(15)8-17-14/h2-6,8H,7,9,16H2,1H3. The number of ether oxygens (including phenoxy) is 2. The summed E-state index contributed by atoms with van der Waals surface area (Å²) in [5.74, 6) is 1.25. The number of nitrogens with two attached hydrogens (primary N) is 1. The molecule has 1 aromatic heterocycles. The molecule has 0 aliphatic heterocycles. The molecule has 0 saturated heterocycles. The average Bonchev–Trinajstić information content (AvgIpc) is 2.41. The molecule has 1 aromatic carbocycles. The molecule has 0 aliphatic carbocycles. The Kier molecular flexibility index (Phi) is 4.90. The summed E-state index contributed by atoms with van der Waals surface area (Å²) in [5, 5.41) is 0. The van der Waals surface area contributed by atoms with Gasteiger partial charge in [0.05, 0.1) is 6.61 Å². The molecule has 5 heteroatoms. The van der Waals surface area contributed by atoms with Crippen LogP contribution in [-0.4, -0.2) is 12.1 Å². The minimum absolute atomic E-state index is 0.375. The van der Waals surface area contributed by atoms with Crippen LogP contribution in [0.1, 0.15) is 11.1 Å². The maximum atomic E-state index is 5.77. The summed E-state index contributed by atoms with van der Waals surface area (Å²) < 4.78 is 11.8. The van der Waals surface area contributed by atoms with Crippen molar-refractivity contribution in [3.63, 3.8) is 0 Å². The number of hydrogen-bond acceptors (Lipinski definition) is 4. The van der Waals surface area contributed by atoms with Gasteiger partial charge in [0.2, 0.25) is 5.88 Å². The van der Waals surface area contributed by atoms with E-state index in [2.05, 4.69) is 20.9 Å². The molecule has 2 rings (SSSR count). The highest BCUT2D eigenvalue weighted by Crippen LogP contribution is 2.25. The van der Waals surface area contributed by atoms with Crippen LogP contribution in [0.15, 0.2) is 41.0 Å². The maximum absolute atomic E-state index is 5.77. The lowest BCUT2D eigenvalue weighted by Crippen LogP contribution is -2.01. The second-order valence-corrected chi connectivity index (χ2v) is 4.92. The molecule has 0 fully saturated rings. The monoisotopic (exact) mass is 322 g/mol. The quantitative estimate of drug-likeness (QED) is 0.918. The molecule has 0 bridgehead atoms. The zero-order valence-electron chi connectivity index (χ0n) is 10.6. The van der Waals surface area contributed by atoms with Crippen LogP contribution in [0.3, 0.4) is 0 Å². The normalized spacial score (nSPS) is 10.5. The number of aromatic nitrogens is 1. The van der Waals surface area contributed by atoms with Crippen molar-refractivity contribution >= 4 is 15.9 Å². The van der Waals surface area contributed by atoms with Gasteiger partial charge < -0.3 is 15.2 Å². The van der Waals surface area contributed by atoms with Gasteiger partial charge in [-0.15, -0.1) is 0 Å². The Balaban J connectivity index is 2.23. The van der Waals surface area contributed by atoms with E-state index in [1.54, 1.807) is 13.3 Å². The lowest BCUT2D eigenvalue weighted by Gasteiger charge is -2.10. The van der Waals surface area contributed by atoms with Crippen molar-refractivity contribution in [3.05, 3.63) is 52.1 Å². The summed E-state index contributed by atoms with van der Waals surface area (Å²) in [7, 11) is 1.66. The molecular formula is C14H15BrN2O2. The molecule has 0 unspecified atom stereocenters. The molecule has 2 aromatic rings. The van der Waals surface area contributed by atoms with E-state index in [1.807, 2.05) is 30.3 Å². The fourth-order valence-electron chi connectivity index (χ4n) is 1.68. The minimum Gasteiger partial charge on any atom is -0.439 e. The van der Waals surface area contributed by atoms with E-state index < -0.39 is 0 Å².